The summed E-state index contributed by atoms with van der Waals surface area (Å²) >= 11 is 1.30. The van der Waals surface area contributed by atoms with Crippen LogP contribution in [-0.4, -0.2) is 24.2 Å². The fourth-order valence-electron chi connectivity index (χ4n) is 2.68. The molecule has 0 saturated carbocycles. The van der Waals surface area contributed by atoms with Crippen LogP contribution in [0.4, 0.5) is 5.13 Å². The molecule has 0 aliphatic rings. The van der Waals surface area contributed by atoms with Crippen molar-refractivity contribution in [3.63, 3.8) is 0 Å². The van der Waals surface area contributed by atoms with Gasteiger partial charge < -0.3 is 9.15 Å². The Morgan fingerprint density at radius 3 is 2.89 bits per heavy atom. The van der Waals surface area contributed by atoms with Gasteiger partial charge in [-0.1, -0.05) is 23.5 Å². The van der Waals surface area contributed by atoms with Crippen LogP contribution in [0.2, 0.25) is 0 Å². The number of carbonyl (C=O) groups excluding carboxylic acids is 1. The summed E-state index contributed by atoms with van der Waals surface area (Å²) in [4.78, 5) is 29.1. The molecule has 0 unspecified atom stereocenters. The highest BCUT2D eigenvalue weighted by atomic mass is 32.1. The SMILES string of the molecule is COc1ccc2nc(N(/N=C\c3coc4ccccc4c3=O)C(C)=O)sc2c1. The second-order valence-electron chi connectivity index (χ2n) is 5.92. The van der Waals surface area contributed by atoms with Crippen molar-refractivity contribution in [1.29, 1.82) is 0 Å². The number of aromatic nitrogens is 1. The zero-order valence-electron chi connectivity index (χ0n) is 15.1. The summed E-state index contributed by atoms with van der Waals surface area (Å²) in [5, 5.41) is 6.20. The molecule has 2 aromatic heterocycles. The van der Waals surface area contributed by atoms with E-state index < -0.39 is 0 Å². The summed E-state index contributed by atoms with van der Waals surface area (Å²) in [6, 6.07) is 12.4. The van der Waals surface area contributed by atoms with Crippen LogP contribution in [0.15, 0.2) is 63.0 Å². The van der Waals surface area contributed by atoms with Crippen LogP contribution in [-0.2, 0) is 4.79 Å². The number of para-hydroxylation sites is 1. The smallest absolute Gasteiger partial charge is 0.246 e. The number of hydrogen-bond donors (Lipinski definition) is 0. The van der Waals surface area contributed by atoms with Crippen LogP contribution < -0.4 is 15.2 Å². The molecule has 0 aliphatic heterocycles. The Bertz CT molecular complexity index is 1280. The Hall–Kier alpha value is -3.52. The van der Waals surface area contributed by atoms with E-state index in [-0.39, 0.29) is 16.9 Å². The largest absolute Gasteiger partial charge is 0.497 e. The summed E-state index contributed by atoms with van der Waals surface area (Å²) in [6.07, 6.45) is 2.64. The third kappa shape index (κ3) is 3.25. The number of fused-ring (bicyclic) bond motifs is 2. The molecule has 0 fully saturated rings. The van der Waals surface area contributed by atoms with Crippen molar-refractivity contribution >= 4 is 49.8 Å². The minimum atomic E-state index is -0.326. The van der Waals surface area contributed by atoms with Crippen LogP contribution in [0.25, 0.3) is 21.2 Å². The quantitative estimate of drug-likeness (QED) is 0.389. The van der Waals surface area contributed by atoms with Crippen molar-refractivity contribution in [1.82, 2.24) is 4.98 Å². The van der Waals surface area contributed by atoms with Gasteiger partial charge in [0.15, 0.2) is 0 Å². The van der Waals surface area contributed by atoms with Gasteiger partial charge in [-0.25, -0.2) is 4.98 Å². The predicted molar refractivity (Wildman–Crippen MR) is 109 cm³/mol. The molecule has 28 heavy (non-hydrogen) atoms. The number of methoxy groups -OCH3 is 1. The van der Waals surface area contributed by atoms with Gasteiger partial charge in [0.25, 0.3) is 0 Å². The van der Waals surface area contributed by atoms with Crippen LogP contribution >= 0.6 is 11.3 Å². The van der Waals surface area contributed by atoms with E-state index in [0.29, 0.717) is 21.9 Å². The molecule has 140 valence electrons. The zero-order chi connectivity index (χ0) is 19.7. The molecule has 0 aliphatic carbocycles. The summed E-state index contributed by atoms with van der Waals surface area (Å²) in [7, 11) is 1.59. The molecule has 8 heteroatoms. The van der Waals surface area contributed by atoms with E-state index >= 15 is 0 Å². The molecule has 4 rings (SSSR count). The Labute approximate surface area is 163 Å². The maximum absolute atomic E-state index is 12.6. The number of anilines is 1. The van der Waals surface area contributed by atoms with Crippen molar-refractivity contribution in [2.45, 2.75) is 6.92 Å². The first-order valence-corrected chi connectivity index (χ1v) is 9.18. The number of amides is 1. The van der Waals surface area contributed by atoms with Gasteiger partial charge in [-0.3, -0.25) is 9.59 Å². The average molecular weight is 393 g/mol. The molecule has 0 bridgehead atoms. The molecule has 0 saturated heterocycles. The lowest BCUT2D eigenvalue weighted by Crippen LogP contribution is -2.22. The van der Waals surface area contributed by atoms with Gasteiger partial charge in [0, 0.05) is 6.92 Å². The van der Waals surface area contributed by atoms with Crippen molar-refractivity contribution in [3.8, 4) is 5.75 Å². The van der Waals surface area contributed by atoms with Crippen LogP contribution in [0.3, 0.4) is 0 Å². The number of hydrogen-bond acceptors (Lipinski definition) is 7. The zero-order valence-corrected chi connectivity index (χ0v) is 15.9. The fourth-order valence-corrected chi connectivity index (χ4v) is 3.67. The number of thiazole rings is 1. The number of benzene rings is 2. The maximum Gasteiger partial charge on any atom is 0.246 e. The molecule has 4 aromatic rings. The van der Waals surface area contributed by atoms with E-state index in [1.807, 2.05) is 12.1 Å². The van der Waals surface area contributed by atoms with Crippen LogP contribution in [0, 0.1) is 0 Å². The molecule has 1 amide bonds. The monoisotopic (exact) mass is 393 g/mol. The minimum absolute atomic E-state index is 0.219. The summed E-state index contributed by atoms with van der Waals surface area (Å²) in [5.74, 6) is 0.377. The lowest BCUT2D eigenvalue weighted by Gasteiger charge is -2.10. The van der Waals surface area contributed by atoms with Gasteiger partial charge in [0.05, 0.1) is 34.5 Å². The second kappa shape index (κ2) is 7.24. The molecule has 2 aromatic carbocycles. The average Bonchev–Trinajstić information content (AvgIpc) is 3.12. The Morgan fingerprint density at radius 2 is 2.11 bits per heavy atom. The number of carbonyl (C=O) groups is 1. The van der Waals surface area contributed by atoms with Gasteiger partial charge in [0.1, 0.15) is 17.6 Å². The van der Waals surface area contributed by atoms with E-state index in [4.69, 9.17) is 9.15 Å². The van der Waals surface area contributed by atoms with Crippen LogP contribution in [0.1, 0.15) is 12.5 Å². The normalized spacial score (nSPS) is 11.4. The highest BCUT2D eigenvalue weighted by molar-refractivity contribution is 7.22. The first-order valence-electron chi connectivity index (χ1n) is 8.36. The number of ether oxygens (including phenoxy) is 1. The molecular weight excluding hydrogens is 378 g/mol. The predicted octanol–water partition coefficient (Wildman–Crippen LogP) is 3.80. The van der Waals surface area contributed by atoms with Crippen molar-refractivity contribution < 1.29 is 13.9 Å². The summed E-state index contributed by atoms with van der Waals surface area (Å²) < 4.78 is 11.6. The number of nitrogens with zero attached hydrogens (tertiary/aromatic N) is 3. The molecule has 0 atom stereocenters. The van der Waals surface area contributed by atoms with E-state index in [0.717, 1.165) is 15.2 Å². The lowest BCUT2D eigenvalue weighted by atomic mass is 10.2. The summed E-state index contributed by atoms with van der Waals surface area (Å²) in [5.41, 5.74) is 1.25. The second-order valence-corrected chi connectivity index (χ2v) is 6.93. The number of hydrazone groups is 1. The van der Waals surface area contributed by atoms with E-state index in [1.54, 1.807) is 37.4 Å². The number of rotatable bonds is 4. The molecule has 0 N–H and O–H groups in total. The van der Waals surface area contributed by atoms with Gasteiger partial charge >= 0.3 is 0 Å². The maximum atomic E-state index is 12.6. The van der Waals surface area contributed by atoms with E-state index in [1.165, 1.54) is 30.7 Å². The van der Waals surface area contributed by atoms with Gasteiger partial charge in [-0.15, -0.1) is 0 Å². The van der Waals surface area contributed by atoms with Crippen molar-refractivity contribution in [3.05, 3.63) is 64.5 Å². The fraction of sp³-hybridized carbons (Fsp3) is 0.100. The van der Waals surface area contributed by atoms with Crippen molar-refractivity contribution in [2.75, 3.05) is 12.1 Å². The molecular formula is C20H15N3O4S. The Morgan fingerprint density at radius 1 is 1.29 bits per heavy atom. The highest BCUT2D eigenvalue weighted by Crippen LogP contribution is 2.31. The topological polar surface area (TPSA) is 85.0 Å². The molecule has 0 radical (unpaired) electrons. The first-order chi connectivity index (χ1) is 13.6. The van der Waals surface area contributed by atoms with Gasteiger partial charge in [-0.05, 0) is 30.3 Å². The minimum Gasteiger partial charge on any atom is -0.497 e. The van der Waals surface area contributed by atoms with E-state index in [9.17, 15) is 9.59 Å². The summed E-state index contributed by atoms with van der Waals surface area (Å²) in [6.45, 7) is 1.38. The Balaban J connectivity index is 1.72. The lowest BCUT2D eigenvalue weighted by molar-refractivity contribution is -0.116. The molecule has 7 nitrogen and oxygen atoms in total. The third-order valence-corrected chi connectivity index (χ3v) is 5.08. The first kappa shape index (κ1) is 17.9. The van der Waals surface area contributed by atoms with E-state index in [2.05, 4.69) is 10.1 Å². The van der Waals surface area contributed by atoms with Crippen molar-refractivity contribution in [2.24, 2.45) is 5.10 Å². The van der Waals surface area contributed by atoms with Gasteiger partial charge in [0.2, 0.25) is 16.5 Å². The standard InChI is InChI=1S/C20H15N3O4S/c1-12(24)23(20-22-16-8-7-14(26-2)9-18(16)28-20)21-10-13-11-27-17-6-4-3-5-15(17)19(13)25/h3-11H,1-2H3/b21-10-. The molecule has 0 spiro atoms. The van der Waals surface area contributed by atoms with Gasteiger partial charge in [-0.2, -0.15) is 10.1 Å². The highest BCUT2D eigenvalue weighted by Gasteiger charge is 2.16. The third-order valence-electron chi connectivity index (χ3n) is 4.08. The van der Waals surface area contributed by atoms with Crippen LogP contribution in [0.5, 0.6) is 5.75 Å². The Kier molecular flexibility index (Phi) is 4.62. The molecule has 2 heterocycles.